The minimum atomic E-state index is -0.624. The third-order valence-electron chi connectivity index (χ3n) is 1.07. The molecule has 0 aliphatic carbocycles. The quantitative estimate of drug-likeness (QED) is 0.500. The first kappa shape index (κ1) is 6.58. The number of rotatable bonds is 0. The molecule has 1 rings (SSSR count). The Bertz CT molecular complexity index is 96.2. The first-order valence-corrected chi connectivity index (χ1v) is 5.38. The molecule has 1 aliphatic heterocycles. The summed E-state index contributed by atoms with van der Waals surface area (Å²) in [5.74, 6) is 1.65. The summed E-state index contributed by atoms with van der Waals surface area (Å²) in [5.41, 5.74) is 5.54. The van der Waals surface area contributed by atoms with Crippen molar-refractivity contribution < 1.29 is 4.21 Å². The summed E-state index contributed by atoms with van der Waals surface area (Å²) in [5, 5.41) is 0. The van der Waals surface area contributed by atoms with Crippen molar-refractivity contribution in [1.29, 1.82) is 0 Å². The van der Waals surface area contributed by atoms with Crippen molar-refractivity contribution in [1.82, 2.24) is 0 Å². The van der Waals surface area contributed by atoms with Crippen LogP contribution in [0.3, 0.4) is 0 Å². The smallest absolute Gasteiger partial charge is 0.0804 e. The Morgan fingerprint density at radius 1 is 1.75 bits per heavy atom. The van der Waals surface area contributed by atoms with E-state index in [1.54, 1.807) is 0 Å². The summed E-state index contributed by atoms with van der Waals surface area (Å²) >= 11 is 0. The van der Waals surface area contributed by atoms with Gasteiger partial charge in [0.1, 0.15) is 0 Å². The lowest BCUT2D eigenvalue weighted by Gasteiger charge is -2.14. The van der Waals surface area contributed by atoms with E-state index in [0.717, 1.165) is 17.9 Å². The summed E-state index contributed by atoms with van der Waals surface area (Å²) in [4.78, 5) is 0. The molecule has 2 unspecified atom stereocenters. The maximum atomic E-state index is 10.6. The van der Waals surface area contributed by atoms with Crippen LogP contribution < -0.4 is 5.73 Å². The van der Waals surface area contributed by atoms with Crippen LogP contribution in [0.25, 0.3) is 0 Å². The Morgan fingerprint density at radius 3 is 2.88 bits per heavy atom. The van der Waals surface area contributed by atoms with Gasteiger partial charge in [0.15, 0.2) is 0 Å². The molecular weight excluding hydrogens is 142 g/mol. The Hall–Kier alpha value is 0.460. The zero-order valence-electron chi connectivity index (χ0n) is 4.50. The van der Waals surface area contributed by atoms with Crippen molar-refractivity contribution in [2.75, 3.05) is 11.5 Å². The normalized spacial score (nSPS) is 39.6. The van der Waals surface area contributed by atoms with Gasteiger partial charge in [-0.15, -0.1) is 0 Å². The van der Waals surface area contributed by atoms with Crippen molar-refractivity contribution in [3.63, 3.8) is 0 Å². The van der Waals surface area contributed by atoms with Gasteiger partial charge in [-0.1, -0.05) is 10.8 Å². The maximum Gasteiger partial charge on any atom is 0.0804 e. The van der Waals surface area contributed by atoms with E-state index in [1.165, 1.54) is 10.8 Å². The van der Waals surface area contributed by atoms with E-state index in [9.17, 15) is 4.21 Å². The minimum absolute atomic E-state index is 0.290. The third kappa shape index (κ3) is 1.76. The summed E-state index contributed by atoms with van der Waals surface area (Å²) in [6, 6.07) is 0.290. The second-order valence-electron chi connectivity index (χ2n) is 1.84. The number of hydrogen-bond donors (Lipinski definition) is 1. The van der Waals surface area contributed by atoms with E-state index in [0.29, 0.717) is 0 Å². The van der Waals surface area contributed by atoms with E-state index >= 15 is 0 Å². The number of nitrogens with two attached hydrogens (primary N) is 1. The molecule has 1 fully saturated rings. The van der Waals surface area contributed by atoms with Gasteiger partial charge in [0.25, 0.3) is 0 Å². The molecule has 0 bridgehead atoms. The van der Waals surface area contributed by atoms with Gasteiger partial charge in [-0.25, -0.2) is 4.21 Å². The monoisotopic (exact) mass is 151 g/mol. The van der Waals surface area contributed by atoms with Gasteiger partial charge in [0, 0.05) is 17.5 Å². The first-order chi connectivity index (χ1) is 3.79. The topological polar surface area (TPSA) is 43.1 Å². The predicted octanol–water partition coefficient (Wildman–Crippen LogP) is 0.114. The summed E-state index contributed by atoms with van der Waals surface area (Å²) in [7, 11) is 0.849. The van der Waals surface area contributed by atoms with Crippen LogP contribution in [0.2, 0.25) is 0 Å². The van der Waals surface area contributed by atoms with Crippen LogP contribution in [0, 0.1) is 0 Å². The molecule has 1 saturated heterocycles. The number of hydrogen-bond acceptors (Lipinski definition) is 3. The molecule has 8 heavy (non-hydrogen) atoms. The zero-order chi connectivity index (χ0) is 5.98. The van der Waals surface area contributed by atoms with Crippen LogP contribution in [0.4, 0.5) is 0 Å². The lowest BCUT2D eigenvalue weighted by atomic mass is 10.3. The highest BCUT2D eigenvalue weighted by atomic mass is 33.1. The van der Waals surface area contributed by atoms with Crippen LogP contribution in [-0.2, 0) is 9.83 Å². The largest absolute Gasteiger partial charge is 0.327 e. The molecule has 0 spiro atoms. The molecule has 0 amide bonds. The lowest BCUT2D eigenvalue weighted by Crippen LogP contribution is -2.28. The van der Waals surface area contributed by atoms with Crippen LogP contribution in [0.15, 0.2) is 0 Å². The van der Waals surface area contributed by atoms with Gasteiger partial charge >= 0.3 is 0 Å². The van der Waals surface area contributed by atoms with Crippen molar-refractivity contribution in [3.05, 3.63) is 0 Å². The average molecular weight is 151 g/mol. The second-order valence-corrected chi connectivity index (χ2v) is 5.25. The molecule has 2 N–H and O–H groups in total. The first-order valence-electron chi connectivity index (χ1n) is 2.56. The van der Waals surface area contributed by atoms with Crippen molar-refractivity contribution >= 4 is 20.6 Å². The molecule has 48 valence electrons. The van der Waals surface area contributed by atoms with Crippen LogP contribution in [0.1, 0.15) is 6.42 Å². The van der Waals surface area contributed by atoms with Gasteiger partial charge in [-0.3, -0.25) is 0 Å². The SMILES string of the molecule is NC1CCS(=O)SC1. The molecule has 4 heteroatoms. The second kappa shape index (κ2) is 2.85. The standard InChI is InChI=1S/C4H9NOS2/c5-4-1-2-8(6)7-3-4/h4H,1-3,5H2. The Kier molecular flexibility index (Phi) is 2.34. The molecule has 0 radical (unpaired) electrons. The van der Waals surface area contributed by atoms with Crippen LogP contribution >= 0.6 is 10.8 Å². The molecule has 2 nitrogen and oxygen atoms in total. The van der Waals surface area contributed by atoms with Gasteiger partial charge in [-0.2, -0.15) is 0 Å². The predicted molar refractivity (Wildman–Crippen MR) is 38.1 cm³/mol. The lowest BCUT2D eigenvalue weighted by molar-refractivity contribution is 0.673. The molecular formula is C4H9NOS2. The molecule has 0 aromatic carbocycles. The van der Waals surface area contributed by atoms with Gasteiger partial charge < -0.3 is 5.73 Å². The fourth-order valence-corrected chi connectivity index (χ4v) is 3.28. The van der Waals surface area contributed by atoms with E-state index in [-0.39, 0.29) is 6.04 Å². The van der Waals surface area contributed by atoms with E-state index in [4.69, 9.17) is 5.73 Å². The average Bonchev–Trinajstić information content (AvgIpc) is 1.77. The molecule has 0 saturated carbocycles. The fourth-order valence-electron chi connectivity index (χ4n) is 0.553. The summed E-state index contributed by atoms with van der Waals surface area (Å²) in [6.45, 7) is 0. The van der Waals surface area contributed by atoms with Crippen LogP contribution in [-0.4, -0.2) is 21.8 Å². The Morgan fingerprint density at radius 2 is 2.50 bits per heavy atom. The highest BCUT2D eigenvalue weighted by Gasteiger charge is 2.13. The highest BCUT2D eigenvalue weighted by Crippen LogP contribution is 2.16. The summed E-state index contributed by atoms with van der Waals surface area (Å²) in [6.07, 6.45) is 0.930. The summed E-state index contributed by atoms with van der Waals surface area (Å²) < 4.78 is 10.6. The molecule has 0 aromatic heterocycles. The van der Waals surface area contributed by atoms with Gasteiger partial charge in [0.05, 0.1) is 9.83 Å². The zero-order valence-corrected chi connectivity index (χ0v) is 6.13. The minimum Gasteiger partial charge on any atom is -0.327 e. The van der Waals surface area contributed by atoms with Gasteiger partial charge in [-0.05, 0) is 6.42 Å². The van der Waals surface area contributed by atoms with Crippen molar-refractivity contribution in [2.24, 2.45) is 5.73 Å². The molecule has 1 heterocycles. The van der Waals surface area contributed by atoms with Crippen molar-refractivity contribution in [3.8, 4) is 0 Å². The van der Waals surface area contributed by atoms with Crippen molar-refractivity contribution in [2.45, 2.75) is 12.5 Å². The van der Waals surface area contributed by atoms with Crippen LogP contribution in [0.5, 0.6) is 0 Å². The van der Waals surface area contributed by atoms with E-state index in [1.807, 2.05) is 0 Å². The molecule has 2 atom stereocenters. The Balaban J connectivity index is 2.29. The molecule has 0 aromatic rings. The molecule has 1 aliphatic rings. The van der Waals surface area contributed by atoms with Gasteiger partial charge in [0.2, 0.25) is 0 Å². The Labute approximate surface area is 55.1 Å². The fraction of sp³-hybridized carbons (Fsp3) is 1.00. The van der Waals surface area contributed by atoms with E-state index < -0.39 is 9.83 Å². The van der Waals surface area contributed by atoms with E-state index in [2.05, 4.69) is 0 Å². The highest BCUT2D eigenvalue weighted by molar-refractivity contribution is 8.69. The maximum absolute atomic E-state index is 10.6. The third-order valence-corrected chi connectivity index (χ3v) is 4.16.